The van der Waals surface area contributed by atoms with Crippen molar-refractivity contribution in [1.82, 2.24) is 20.2 Å². The third kappa shape index (κ3) is 7.95. The number of rotatable bonds is 10. The van der Waals surface area contributed by atoms with Crippen molar-refractivity contribution < 1.29 is 4.79 Å². The molecule has 0 atom stereocenters. The van der Waals surface area contributed by atoms with Crippen LogP contribution in [0.4, 0.5) is 5.82 Å². The van der Waals surface area contributed by atoms with Gasteiger partial charge in [0.15, 0.2) is 5.16 Å². The second kappa shape index (κ2) is 12.9. The van der Waals surface area contributed by atoms with Crippen LogP contribution in [-0.2, 0) is 12.3 Å². The van der Waals surface area contributed by atoms with Gasteiger partial charge in [0.05, 0.1) is 0 Å². The van der Waals surface area contributed by atoms with E-state index < -0.39 is 0 Å². The molecule has 6 nitrogen and oxygen atoms in total. The number of thioether (sulfide) groups is 1. The summed E-state index contributed by atoms with van der Waals surface area (Å²) in [4.78, 5) is 26.0. The average molecular weight is 510 g/mol. The number of hydrogen-bond donors (Lipinski definition) is 1. The van der Waals surface area contributed by atoms with Crippen molar-refractivity contribution in [2.75, 3.05) is 38.1 Å². The third-order valence-electron chi connectivity index (χ3n) is 6.06. The maximum atomic E-state index is 12.5. The maximum Gasteiger partial charge on any atom is 0.251 e. The monoisotopic (exact) mass is 509 g/mol. The Morgan fingerprint density at radius 3 is 2.51 bits per heavy atom. The van der Waals surface area contributed by atoms with Crippen LogP contribution in [0.3, 0.4) is 0 Å². The van der Waals surface area contributed by atoms with E-state index in [9.17, 15) is 4.79 Å². The normalized spacial score (nSPS) is 14.0. The highest BCUT2D eigenvalue weighted by molar-refractivity contribution is 7.98. The molecule has 2 heterocycles. The molecule has 1 aliphatic rings. The largest absolute Gasteiger partial charge is 0.355 e. The summed E-state index contributed by atoms with van der Waals surface area (Å²) in [6.45, 7) is 4.62. The first-order valence-electron chi connectivity index (χ1n) is 12.1. The summed E-state index contributed by atoms with van der Waals surface area (Å²) >= 11 is 7.82. The van der Waals surface area contributed by atoms with E-state index in [0.717, 1.165) is 37.6 Å². The molecule has 0 bridgehead atoms. The zero-order valence-corrected chi connectivity index (χ0v) is 21.7. The van der Waals surface area contributed by atoms with Gasteiger partial charge >= 0.3 is 0 Å². The Morgan fingerprint density at radius 2 is 1.77 bits per heavy atom. The van der Waals surface area contributed by atoms with E-state index in [4.69, 9.17) is 11.6 Å². The first-order chi connectivity index (χ1) is 17.1. The quantitative estimate of drug-likeness (QED) is 0.228. The fraction of sp³-hybridized carbons (Fsp3) is 0.370. The molecule has 35 heavy (non-hydrogen) atoms. The van der Waals surface area contributed by atoms with Gasteiger partial charge in [-0.05, 0) is 49.2 Å². The van der Waals surface area contributed by atoms with Gasteiger partial charge in [0.25, 0.3) is 5.91 Å². The number of hydrogen-bond acceptors (Lipinski definition) is 6. The van der Waals surface area contributed by atoms with Gasteiger partial charge in [-0.2, -0.15) is 0 Å². The Kier molecular flexibility index (Phi) is 9.40. The van der Waals surface area contributed by atoms with E-state index in [1.807, 2.05) is 49.5 Å². The number of benzene rings is 2. The summed E-state index contributed by atoms with van der Waals surface area (Å²) in [7, 11) is 2.00. The highest BCUT2D eigenvalue weighted by Crippen LogP contribution is 2.25. The van der Waals surface area contributed by atoms with Gasteiger partial charge in [-0.15, -0.1) is 0 Å². The summed E-state index contributed by atoms with van der Waals surface area (Å²) < 4.78 is 0. The number of amides is 1. The molecule has 0 radical (unpaired) electrons. The molecule has 184 valence electrons. The van der Waals surface area contributed by atoms with Crippen molar-refractivity contribution >= 4 is 35.1 Å². The second-order valence-corrected chi connectivity index (χ2v) is 10.1. The van der Waals surface area contributed by atoms with Gasteiger partial charge in [-0.3, -0.25) is 4.79 Å². The van der Waals surface area contributed by atoms with Crippen LogP contribution in [0.15, 0.2) is 65.8 Å². The van der Waals surface area contributed by atoms with Crippen molar-refractivity contribution in [2.24, 2.45) is 0 Å². The number of carbonyl (C=O) groups is 1. The van der Waals surface area contributed by atoms with E-state index >= 15 is 0 Å². The number of anilines is 1. The van der Waals surface area contributed by atoms with Crippen LogP contribution >= 0.6 is 23.4 Å². The lowest BCUT2D eigenvalue weighted by atomic mass is 10.1. The smallest absolute Gasteiger partial charge is 0.251 e. The topological polar surface area (TPSA) is 61.4 Å². The summed E-state index contributed by atoms with van der Waals surface area (Å²) in [5, 5.41) is 4.10. The van der Waals surface area contributed by atoms with E-state index in [0.29, 0.717) is 28.2 Å². The van der Waals surface area contributed by atoms with Crippen molar-refractivity contribution in [3.05, 3.63) is 82.5 Å². The Hall–Kier alpha value is -2.61. The summed E-state index contributed by atoms with van der Waals surface area (Å²) in [6.07, 6.45) is 3.85. The molecule has 2 aromatic carbocycles. The number of nitrogens with one attached hydrogen (secondary N) is 1. The Balaban J connectivity index is 1.27. The molecule has 3 aromatic rings. The fourth-order valence-electron chi connectivity index (χ4n) is 4.10. The van der Waals surface area contributed by atoms with Crippen LogP contribution in [0.25, 0.3) is 0 Å². The van der Waals surface area contributed by atoms with E-state index in [-0.39, 0.29) is 5.91 Å². The highest BCUT2D eigenvalue weighted by Gasteiger charge is 2.12. The first kappa shape index (κ1) is 25.5. The van der Waals surface area contributed by atoms with Gasteiger partial charge < -0.3 is 15.1 Å². The van der Waals surface area contributed by atoms with Gasteiger partial charge in [0.2, 0.25) is 0 Å². The van der Waals surface area contributed by atoms with Crippen LogP contribution in [0.1, 0.15) is 40.7 Å². The molecule has 8 heteroatoms. The van der Waals surface area contributed by atoms with Crippen molar-refractivity contribution in [3.8, 4) is 0 Å². The van der Waals surface area contributed by atoms with E-state index in [1.165, 1.54) is 36.6 Å². The zero-order valence-electron chi connectivity index (χ0n) is 20.1. The average Bonchev–Trinajstić information content (AvgIpc) is 2.88. The summed E-state index contributed by atoms with van der Waals surface area (Å²) in [5.41, 5.74) is 2.98. The van der Waals surface area contributed by atoms with E-state index in [1.54, 1.807) is 6.07 Å². The molecule has 0 aliphatic carbocycles. The van der Waals surface area contributed by atoms with Crippen molar-refractivity contribution in [1.29, 1.82) is 0 Å². The van der Waals surface area contributed by atoms with Gasteiger partial charge in [0.1, 0.15) is 11.0 Å². The summed E-state index contributed by atoms with van der Waals surface area (Å²) in [5.74, 6) is 1.46. The second-order valence-electron chi connectivity index (χ2n) is 8.82. The lowest BCUT2D eigenvalue weighted by Crippen LogP contribution is -2.37. The van der Waals surface area contributed by atoms with Crippen molar-refractivity contribution in [3.63, 3.8) is 0 Å². The van der Waals surface area contributed by atoms with Crippen LogP contribution in [-0.4, -0.2) is 54.0 Å². The molecule has 4 rings (SSSR count). The molecule has 0 spiro atoms. The SMILES string of the molecule is CN(Cc1ccccc1)c1cc(Cl)nc(SCc2ccc(C(=O)NCCN3CCCCC3)cc2)n1. The van der Waals surface area contributed by atoms with Crippen molar-refractivity contribution in [2.45, 2.75) is 36.7 Å². The van der Waals surface area contributed by atoms with E-state index in [2.05, 4.69) is 37.2 Å². The molecule has 0 saturated carbocycles. The molecule has 1 aromatic heterocycles. The maximum absolute atomic E-state index is 12.5. The number of nitrogens with zero attached hydrogens (tertiary/aromatic N) is 4. The molecule has 1 aliphatic heterocycles. The highest BCUT2D eigenvalue weighted by atomic mass is 35.5. The molecule has 1 saturated heterocycles. The molecule has 1 fully saturated rings. The Morgan fingerprint density at radius 1 is 1.03 bits per heavy atom. The first-order valence-corrected chi connectivity index (χ1v) is 13.4. The number of piperidine rings is 1. The lowest BCUT2D eigenvalue weighted by molar-refractivity contribution is 0.0946. The van der Waals surface area contributed by atoms with Crippen LogP contribution in [0.2, 0.25) is 5.15 Å². The molecule has 1 amide bonds. The van der Waals surface area contributed by atoms with Crippen LogP contribution in [0.5, 0.6) is 0 Å². The molecule has 1 N–H and O–H groups in total. The standard InChI is InChI=1S/C27H32ClN5OS/c1-32(19-21-8-4-2-5-9-21)25-18-24(28)30-27(31-25)35-20-22-10-12-23(13-11-22)26(34)29-14-17-33-15-6-3-7-16-33/h2,4-5,8-13,18H,3,6-7,14-17,19-20H2,1H3,(H,29,34). The lowest BCUT2D eigenvalue weighted by Gasteiger charge is -2.26. The molecular formula is C27H32ClN5OS. The van der Waals surface area contributed by atoms with Gasteiger partial charge in [-0.25, -0.2) is 9.97 Å². The predicted octanol–water partition coefficient (Wildman–Crippen LogP) is 5.27. The third-order valence-corrected chi connectivity index (χ3v) is 7.17. The Labute approximate surface area is 217 Å². The predicted molar refractivity (Wildman–Crippen MR) is 144 cm³/mol. The van der Waals surface area contributed by atoms with Gasteiger partial charge in [0, 0.05) is 44.1 Å². The number of likely N-dealkylation sites (tertiary alicyclic amines) is 1. The number of halogens is 1. The zero-order chi connectivity index (χ0) is 24.5. The minimum Gasteiger partial charge on any atom is -0.355 e. The number of aromatic nitrogens is 2. The minimum absolute atomic E-state index is 0.0227. The minimum atomic E-state index is -0.0227. The number of carbonyl (C=O) groups excluding carboxylic acids is 1. The summed E-state index contributed by atoms with van der Waals surface area (Å²) in [6, 6.07) is 19.8. The van der Waals surface area contributed by atoms with Crippen LogP contribution in [0, 0.1) is 0 Å². The fourth-order valence-corrected chi connectivity index (χ4v) is 5.13. The molecular weight excluding hydrogens is 478 g/mol. The molecule has 0 unspecified atom stereocenters. The van der Waals surface area contributed by atoms with Gasteiger partial charge in [-0.1, -0.05) is 72.2 Å². The Bertz CT molecular complexity index is 1090. The van der Waals surface area contributed by atoms with Crippen LogP contribution < -0.4 is 10.2 Å².